The molecule has 0 unspecified atom stereocenters. The summed E-state index contributed by atoms with van der Waals surface area (Å²) in [6, 6.07) is 11.8. The van der Waals surface area contributed by atoms with Gasteiger partial charge in [0.1, 0.15) is 6.26 Å². The fourth-order valence-corrected chi connectivity index (χ4v) is 3.15. The molecule has 0 saturated carbocycles. The van der Waals surface area contributed by atoms with Crippen molar-refractivity contribution in [3.8, 4) is 10.8 Å². The maximum Gasteiger partial charge on any atom is 0.236 e. The van der Waals surface area contributed by atoms with E-state index in [0.29, 0.717) is 5.89 Å². The number of aromatic nitrogens is 1. The van der Waals surface area contributed by atoms with Crippen LogP contribution in [-0.2, 0) is 5.75 Å². The highest BCUT2D eigenvalue weighted by atomic mass is 32.2. The Labute approximate surface area is 119 Å². The monoisotopic (exact) mass is 288 g/mol. The highest BCUT2D eigenvalue weighted by molar-refractivity contribution is 7.98. The van der Waals surface area contributed by atoms with Crippen molar-refractivity contribution in [2.24, 2.45) is 0 Å². The fraction of sp³-hybridized carbons (Fsp3) is 0.0714. The van der Waals surface area contributed by atoms with Crippen LogP contribution in [-0.4, -0.2) is 4.98 Å². The first kappa shape index (κ1) is 12.3. The molecule has 0 saturated heterocycles. The van der Waals surface area contributed by atoms with Crippen LogP contribution in [0.1, 0.15) is 5.69 Å². The summed E-state index contributed by atoms with van der Waals surface area (Å²) in [5.74, 6) is 1.44. The molecule has 2 aromatic heterocycles. The number of para-hydroxylation sites is 1. The topological polar surface area (TPSA) is 52.0 Å². The van der Waals surface area contributed by atoms with E-state index < -0.39 is 0 Å². The molecule has 0 aliphatic carbocycles. The average Bonchev–Trinajstić information content (AvgIpc) is 3.09. The molecule has 0 bridgehead atoms. The zero-order valence-corrected chi connectivity index (χ0v) is 11.7. The Bertz CT molecular complexity index is 662. The van der Waals surface area contributed by atoms with Gasteiger partial charge in [0.2, 0.25) is 5.89 Å². The number of nitrogens with two attached hydrogens (primary N) is 1. The van der Waals surface area contributed by atoms with E-state index in [1.807, 2.05) is 41.8 Å². The third-order valence-corrected chi connectivity index (χ3v) is 4.56. The molecule has 19 heavy (non-hydrogen) atoms. The number of nitrogen functional groups attached to an aromatic ring is 1. The van der Waals surface area contributed by atoms with E-state index in [1.165, 1.54) is 0 Å². The molecule has 3 nitrogen and oxygen atoms in total. The van der Waals surface area contributed by atoms with Crippen LogP contribution in [0.2, 0.25) is 0 Å². The van der Waals surface area contributed by atoms with Gasteiger partial charge in [0.05, 0.1) is 10.6 Å². The molecule has 0 amide bonds. The van der Waals surface area contributed by atoms with Gasteiger partial charge in [-0.3, -0.25) is 0 Å². The van der Waals surface area contributed by atoms with E-state index in [-0.39, 0.29) is 0 Å². The van der Waals surface area contributed by atoms with Gasteiger partial charge in [0.25, 0.3) is 0 Å². The van der Waals surface area contributed by atoms with Gasteiger partial charge < -0.3 is 10.2 Å². The third kappa shape index (κ3) is 2.83. The molecule has 0 spiro atoms. The Morgan fingerprint density at radius 3 is 2.89 bits per heavy atom. The first-order chi connectivity index (χ1) is 9.33. The van der Waals surface area contributed by atoms with Crippen molar-refractivity contribution in [1.82, 2.24) is 4.98 Å². The lowest BCUT2D eigenvalue weighted by Gasteiger charge is -2.02. The Kier molecular flexibility index (Phi) is 3.57. The van der Waals surface area contributed by atoms with Crippen LogP contribution in [0.5, 0.6) is 0 Å². The zero-order chi connectivity index (χ0) is 13.1. The number of rotatable bonds is 4. The standard InChI is InChI=1S/C14H12N2OS2/c15-11-4-1-2-5-12(11)19-9-10-8-17-14(16-10)13-6-3-7-18-13/h1-8H,9,15H2. The second kappa shape index (κ2) is 5.50. The van der Waals surface area contributed by atoms with Gasteiger partial charge in [-0.1, -0.05) is 18.2 Å². The second-order valence-corrected chi connectivity index (χ2v) is 5.91. The molecule has 2 N–H and O–H groups in total. The minimum atomic E-state index is 0.687. The molecule has 3 aromatic rings. The molecule has 2 heterocycles. The van der Waals surface area contributed by atoms with Gasteiger partial charge in [-0.2, -0.15) is 0 Å². The lowest BCUT2D eigenvalue weighted by molar-refractivity contribution is 0.575. The van der Waals surface area contributed by atoms with Crippen molar-refractivity contribution in [1.29, 1.82) is 0 Å². The summed E-state index contributed by atoms with van der Waals surface area (Å²) >= 11 is 3.29. The molecule has 0 atom stereocenters. The number of oxazole rings is 1. The van der Waals surface area contributed by atoms with Crippen molar-refractivity contribution in [2.75, 3.05) is 5.73 Å². The van der Waals surface area contributed by atoms with Crippen LogP contribution >= 0.6 is 23.1 Å². The van der Waals surface area contributed by atoms with E-state index >= 15 is 0 Å². The predicted molar refractivity (Wildman–Crippen MR) is 80.2 cm³/mol. The zero-order valence-electron chi connectivity index (χ0n) is 10.1. The number of benzene rings is 1. The smallest absolute Gasteiger partial charge is 0.236 e. The minimum Gasteiger partial charge on any atom is -0.444 e. The number of nitrogens with zero attached hydrogens (tertiary/aromatic N) is 1. The maximum absolute atomic E-state index is 5.90. The molecule has 3 rings (SSSR count). The van der Waals surface area contributed by atoms with Gasteiger partial charge in [-0.15, -0.1) is 23.1 Å². The second-order valence-electron chi connectivity index (χ2n) is 3.95. The maximum atomic E-state index is 5.90. The Morgan fingerprint density at radius 1 is 1.21 bits per heavy atom. The summed E-state index contributed by atoms with van der Waals surface area (Å²) in [7, 11) is 0. The quantitative estimate of drug-likeness (QED) is 0.575. The highest BCUT2D eigenvalue weighted by Gasteiger charge is 2.08. The lowest BCUT2D eigenvalue weighted by atomic mass is 10.3. The first-order valence-electron chi connectivity index (χ1n) is 5.78. The lowest BCUT2D eigenvalue weighted by Crippen LogP contribution is -1.88. The van der Waals surface area contributed by atoms with E-state index in [1.54, 1.807) is 29.4 Å². The molecule has 0 radical (unpaired) electrons. The van der Waals surface area contributed by atoms with Crippen LogP contribution in [0.3, 0.4) is 0 Å². The van der Waals surface area contributed by atoms with Crippen molar-refractivity contribution in [3.05, 3.63) is 53.7 Å². The largest absolute Gasteiger partial charge is 0.444 e. The average molecular weight is 288 g/mol. The van der Waals surface area contributed by atoms with Gasteiger partial charge in [0.15, 0.2) is 0 Å². The Hall–Kier alpha value is -1.72. The van der Waals surface area contributed by atoms with Crippen LogP contribution in [0.4, 0.5) is 5.69 Å². The normalized spacial score (nSPS) is 10.7. The Balaban J connectivity index is 1.70. The number of hydrogen-bond acceptors (Lipinski definition) is 5. The van der Waals surface area contributed by atoms with E-state index in [9.17, 15) is 0 Å². The van der Waals surface area contributed by atoms with Gasteiger partial charge >= 0.3 is 0 Å². The minimum absolute atomic E-state index is 0.687. The number of thiophene rings is 1. The molecule has 96 valence electrons. The summed E-state index contributed by atoms with van der Waals surface area (Å²) < 4.78 is 5.48. The van der Waals surface area contributed by atoms with Crippen LogP contribution in [0.15, 0.2) is 57.4 Å². The summed E-state index contributed by atoms with van der Waals surface area (Å²) in [5, 5.41) is 2.01. The molecular weight excluding hydrogens is 276 g/mol. The van der Waals surface area contributed by atoms with E-state index in [4.69, 9.17) is 10.2 Å². The van der Waals surface area contributed by atoms with E-state index in [0.717, 1.165) is 26.9 Å². The summed E-state index contributed by atoms with van der Waals surface area (Å²) in [4.78, 5) is 6.60. The number of thioether (sulfide) groups is 1. The highest BCUT2D eigenvalue weighted by Crippen LogP contribution is 2.29. The molecule has 0 aliphatic heterocycles. The SMILES string of the molecule is Nc1ccccc1SCc1coc(-c2cccs2)n1. The first-order valence-corrected chi connectivity index (χ1v) is 7.65. The van der Waals surface area contributed by atoms with Gasteiger partial charge in [-0.25, -0.2) is 4.98 Å². The van der Waals surface area contributed by atoms with Crippen molar-refractivity contribution < 1.29 is 4.42 Å². The van der Waals surface area contributed by atoms with Crippen LogP contribution in [0.25, 0.3) is 10.8 Å². The van der Waals surface area contributed by atoms with E-state index in [2.05, 4.69) is 4.98 Å². The van der Waals surface area contributed by atoms with Crippen molar-refractivity contribution in [2.45, 2.75) is 10.6 Å². The van der Waals surface area contributed by atoms with Gasteiger partial charge in [-0.05, 0) is 23.6 Å². The number of hydrogen-bond donors (Lipinski definition) is 1. The fourth-order valence-electron chi connectivity index (χ4n) is 1.65. The third-order valence-electron chi connectivity index (χ3n) is 2.58. The summed E-state index contributed by atoms with van der Waals surface area (Å²) in [6.45, 7) is 0. The van der Waals surface area contributed by atoms with Crippen molar-refractivity contribution >= 4 is 28.8 Å². The molecule has 0 fully saturated rings. The van der Waals surface area contributed by atoms with Crippen LogP contribution < -0.4 is 5.73 Å². The molecule has 0 aliphatic rings. The van der Waals surface area contributed by atoms with Crippen LogP contribution in [0, 0.1) is 0 Å². The number of anilines is 1. The Morgan fingerprint density at radius 2 is 2.11 bits per heavy atom. The molecular formula is C14H12N2OS2. The summed E-state index contributed by atoms with van der Waals surface area (Å²) in [5.41, 5.74) is 7.63. The van der Waals surface area contributed by atoms with Gasteiger partial charge in [0, 0.05) is 16.3 Å². The molecule has 5 heteroatoms. The molecule has 1 aromatic carbocycles. The van der Waals surface area contributed by atoms with Crippen molar-refractivity contribution in [3.63, 3.8) is 0 Å². The summed E-state index contributed by atoms with van der Waals surface area (Å²) in [6.07, 6.45) is 1.71. The predicted octanol–water partition coefficient (Wildman–Crippen LogP) is 4.28.